The van der Waals surface area contributed by atoms with Crippen molar-refractivity contribution in [2.75, 3.05) is 5.32 Å². The van der Waals surface area contributed by atoms with E-state index in [4.69, 9.17) is 22.0 Å². The van der Waals surface area contributed by atoms with Crippen molar-refractivity contribution < 1.29 is 19.8 Å². The number of nitrogens with one attached hydrogen (secondary N) is 1. The molecule has 3 N–H and O–H groups in total. The van der Waals surface area contributed by atoms with Gasteiger partial charge in [0.15, 0.2) is 5.60 Å². The Bertz CT molecular complexity index is 1450. The van der Waals surface area contributed by atoms with Crippen LogP contribution in [0.5, 0.6) is 0 Å². The highest BCUT2D eigenvalue weighted by Gasteiger charge is 2.38. The molecule has 4 aromatic rings. The summed E-state index contributed by atoms with van der Waals surface area (Å²) in [6.45, 7) is 0. The molecule has 1 atom stereocenters. The monoisotopic (exact) mass is 496 g/mol. The van der Waals surface area contributed by atoms with Crippen molar-refractivity contribution in [1.82, 2.24) is 0 Å². The number of carbonyl (C=O) groups is 2. The summed E-state index contributed by atoms with van der Waals surface area (Å²) in [6, 6.07) is 29.0. The lowest BCUT2D eigenvalue weighted by molar-refractivity contribution is -0.135. The lowest BCUT2D eigenvalue weighted by atomic mass is 9.85. The van der Waals surface area contributed by atoms with Crippen LogP contribution in [0, 0.1) is 11.3 Å². The quantitative estimate of drug-likeness (QED) is 0.306. The molecule has 7 heteroatoms. The smallest absolute Gasteiger partial charge is 0.335 e. The number of nitriles is 1. The van der Waals surface area contributed by atoms with Gasteiger partial charge in [-0.15, -0.1) is 0 Å². The average Bonchev–Trinajstić information content (AvgIpc) is 2.89. The molecule has 6 nitrogen and oxygen atoms in total. The summed E-state index contributed by atoms with van der Waals surface area (Å²) in [5.41, 5.74) is 1.83. The number of anilines is 1. The number of aliphatic hydroxyl groups is 1. The zero-order valence-electron chi connectivity index (χ0n) is 19.0. The molecule has 4 rings (SSSR count). The van der Waals surface area contributed by atoms with Gasteiger partial charge in [-0.2, -0.15) is 5.26 Å². The first-order valence-corrected chi connectivity index (χ1v) is 11.4. The highest BCUT2D eigenvalue weighted by Crippen LogP contribution is 2.30. The summed E-state index contributed by atoms with van der Waals surface area (Å²) >= 11 is 6.10. The fourth-order valence-electron chi connectivity index (χ4n) is 3.86. The Morgan fingerprint density at radius 1 is 0.889 bits per heavy atom. The van der Waals surface area contributed by atoms with Crippen molar-refractivity contribution >= 4 is 29.2 Å². The molecule has 178 valence electrons. The maximum Gasteiger partial charge on any atom is 0.335 e. The van der Waals surface area contributed by atoms with Gasteiger partial charge in [-0.05, 0) is 52.6 Å². The van der Waals surface area contributed by atoms with E-state index in [2.05, 4.69) is 5.32 Å². The minimum absolute atomic E-state index is 0.00505. The summed E-state index contributed by atoms with van der Waals surface area (Å²) in [5, 5.41) is 32.7. The maximum absolute atomic E-state index is 13.4. The van der Waals surface area contributed by atoms with Crippen LogP contribution >= 0.6 is 11.6 Å². The first kappa shape index (κ1) is 24.7. The molecule has 0 radical (unpaired) electrons. The van der Waals surface area contributed by atoms with Gasteiger partial charge >= 0.3 is 5.97 Å². The van der Waals surface area contributed by atoms with Gasteiger partial charge < -0.3 is 15.5 Å². The van der Waals surface area contributed by atoms with E-state index in [1.54, 1.807) is 60.7 Å². The standard InChI is InChI=1S/C29H21ClN2O4/c30-26-16-25(15-14-23(26)18-31)32-28(35)29(36,24-4-2-1-3-5-24)17-19-6-8-20(9-7-19)21-10-12-22(13-11-21)27(33)34/h1-16,36H,17H2,(H,32,35)(H,33,34). The predicted molar refractivity (Wildman–Crippen MR) is 138 cm³/mol. The van der Waals surface area contributed by atoms with Crippen LogP contribution in [-0.4, -0.2) is 22.1 Å². The third kappa shape index (κ3) is 5.28. The lowest BCUT2D eigenvalue weighted by Gasteiger charge is -2.28. The van der Waals surface area contributed by atoms with E-state index >= 15 is 0 Å². The highest BCUT2D eigenvalue weighted by atomic mass is 35.5. The Balaban J connectivity index is 1.60. The molecule has 0 aromatic heterocycles. The molecule has 0 heterocycles. The number of nitrogens with zero attached hydrogens (tertiary/aromatic N) is 1. The molecular weight excluding hydrogens is 476 g/mol. The fourth-order valence-corrected chi connectivity index (χ4v) is 4.08. The summed E-state index contributed by atoms with van der Waals surface area (Å²) in [7, 11) is 0. The first-order chi connectivity index (χ1) is 17.3. The second-order valence-electron chi connectivity index (χ2n) is 8.24. The van der Waals surface area contributed by atoms with E-state index in [1.807, 2.05) is 30.3 Å². The number of rotatable bonds is 7. The molecule has 4 aromatic carbocycles. The molecule has 1 unspecified atom stereocenters. The maximum atomic E-state index is 13.4. The minimum atomic E-state index is -1.88. The lowest BCUT2D eigenvalue weighted by Crippen LogP contribution is -2.42. The van der Waals surface area contributed by atoms with E-state index in [0.717, 1.165) is 16.7 Å². The van der Waals surface area contributed by atoms with E-state index < -0.39 is 17.5 Å². The van der Waals surface area contributed by atoms with Gasteiger partial charge in [0, 0.05) is 12.1 Å². The number of hydrogen-bond donors (Lipinski definition) is 3. The second-order valence-corrected chi connectivity index (χ2v) is 8.65. The third-order valence-electron chi connectivity index (χ3n) is 5.85. The number of aromatic carboxylic acids is 1. The number of carboxylic acids is 1. The molecule has 0 saturated heterocycles. The van der Waals surface area contributed by atoms with Gasteiger partial charge in [-0.1, -0.05) is 78.3 Å². The van der Waals surface area contributed by atoms with Gasteiger partial charge in [0.25, 0.3) is 5.91 Å². The summed E-state index contributed by atoms with van der Waals surface area (Å²) in [5.74, 6) is -1.62. The summed E-state index contributed by atoms with van der Waals surface area (Å²) < 4.78 is 0. The number of carboxylic acid groups (broad SMARTS) is 1. The Hall–Kier alpha value is -4.44. The molecule has 0 fully saturated rings. The number of carbonyl (C=O) groups excluding carboxylic acids is 1. The van der Waals surface area contributed by atoms with E-state index in [0.29, 0.717) is 11.3 Å². The Morgan fingerprint density at radius 3 is 2.06 bits per heavy atom. The SMILES string of the molecule is N#Cc1ccc(NC(=O)C(O)(Cc2ccc(-c3ccc(C(=O)O)cc3)cc2)c2ccccc2)cc1Cl. The fraction of sp³-hybridized carbons (Fsp3) is 0.0690. The van der Waals surface area contributed by atoms with E-state index in [9.17, 15) is 14.7 Å². The average molecular weight is 497 g/mol. The molecule has 0 aliphatic carbocycles. The first-order valence-electron chi connectivity index (χ1n) is 11.0. The van der Waals surface area contributed by atoms with Gasteiger partial charge in [0.05, 0.1) is 16.1 Å². The van der Waals surface area contributed by atoms with Crippen molar-refractivity contribution in [2.24, 2.45) is 0 Å². The molecule has 0 aliphatic rings. The summed E-state index contributed by atoms with van der Waals surface area (Å²) in [6.07, 6.45) is 0.00505. The number of amides is 1. The van der Waals surface area contributed by atoms with Crippen LogP contribution in [0.4, 0.5) is 5.69 Å². The van der Waals surface area contributed by atoms with E-state index in [1.165, 1.54) is 12.1 Å². The predicted octanol–water partition coefficient (Wildman–Crippen LogP) is 5.65. The zero-order valence-corrected chi connectivity index (χ0v) is 19.7. The van der Waals surface area contributed by atoms with Crippen LogP contribution < -0.4 is 5.32 Å². The number of halogens is 1. The molecule has 1 amide bonds. The van der Waals surface area contributed by atoms with Gasteiger partial charge in [0.1, 0.15) is 6.07 Å². The molecule has 0 spiro atoms. The number of benzene rings is 4. The van der Waals surface area contributed by atoms with Crippen LogP contribution in [0.25, 0.3) is 11.1 Å². The minimum Gasteiger partial charge on any atom is -0.478 e. The normalized spacial score (nSPS) is 12.2. The molecule has 0 saturated carbocycles. The topological polar surface area (TPSA) is 110 Å². The van der Waals surface area contributed by atoms with Crippen LogP contribution in [0.15, 0.2) is 97.1 Å². The van der Waals surface area contributed by atoms with Crippen LogP contribution in [0.3, 0.4) is 0 Å². The molecular formula is C29H21ClN2O4. The summed E-state index contributed by atoms with van der Waals surface area (Å²) in [4.78, 5) is 24.4. The zero-order chi connectivity index (χ0) is 25.7. The van der Waals surface area contributed by atoms with Crippen LogP contribution in [0.2, 0.25) is 5.02 Å². The van der Waals surface area contributed by atoms with Gasteiger partial charge in [-0.3, -0.25) is 4.79 Å². The van der Waals surface area contributed by atoms with Gasteiger partial charge in [0.2, 0.25) is 0 Å². The van der Waals surface area contributed by atoms with Crippen molar-refractivity contribution in [2.45, 2.75) is 12.0 Å². The van der Waals surface area contributed by atoms with Crippen molar-refractivity contribution in [3.05, 3.63) is 124 Å². The number of hydrogen-bond acceptors (Lipinski definition) is 4. The molecule has 36 heavy (non-hydrogen) atoms. The van der Waals surface area contributed by atoms with Crippen LogP contribution in [-0.2, 0) is 16.8 Å². The largest absolute Gasteiger partial charge is 0.478 e. The van der Waals surface area contributed by atoms with Crippen molar-refractivity contribution in [3.63, 3.8) is 0 Å². The Kier molecular flexibility index (Phi) is 7.16. The molecule has 0 aliphatic heterocycles. The van der Waals surface area contributed by atoms with Crippen molar-refractivity contribution in [1.29, 1.82) is 5.26 Å². The van der Waals surface area contributed by atoms with Crippen LogP contribution in [0.1, 0.15) is 27.0 Å². The Labute approximate surface area is 213 Å². The highest BCUT2D eigenvalue weighted by molar-refractivity contribution is 6.32. The third-order valence-corrected chi connectivity index (χ3v) is 6.17. The van der Waals surface area contributed by atoms with E-state index in [-0.39, 0.29) is 22.6 Å². The Morgan fingerprint density at radius 2 is 1.50 bits per heavy atom. The molecule has 0 bridgehead atoms. The second kappa shape index (κ2) is 10.4. The van der Waals surface area contributed by atoms with Crippen molar-refractivity contribution in [3.8, 4) is 17.2 Å². The van der Waals surface area contributed by atoms with Gasteiger partial charge in [-0.25, -0.2) is 4.79 Å².